The van der Waals surface area contributed by atoms with Gasteiger partial charge in [-0.3, -0.25) is 4.72 Å². The lowest BCUT2D eigenvalue weighted by molar-refractivity contribution is -0.182. The first-order chi connectivity index (χ1) is 18.1. The molecule has 4 aromatic rings. The molecule has 0 spiro atoms. The second-order valence-electron chi connectivity index (χ2n) is 9.33. The molecule has 1 aliphatic carbocycles. The summed E-state index contributed by atoms with van der Waals surface area (Å²) in [6.45, 7) is 0. The Morgan fingerprint density at radius 3 is 2.37 bits per heavy atom. The number of hydrogen-bond acceptors (Lipinski definition) is 6. The largest absolute Gasteiger partial charge is 0.507 e. The standard InChI is InChI=1S/C27H25F3N2O4S2/c1-36-25-21-3-2-4-23(33)20(21)13-14-22(25)32-38(34,35)24-15-37-26(31-24)18-7-5-16(6-8-18)17-9-11-19(12-10-17)27(28,29)30/h2-8,13-15,17,19,32-33H,9-12H2,1H3. The van der Waals surface area contributed by atoms with Crippen molar-refractivity contribution >= 4 is 37.8 Å². The van der Waals surface area contributed by atoms with Gasteiger partial charge in [-0.15, -0.1) is 11.3 Å². The third-order valence-electron chi connectivity index (χ3n) is 7.02. The molecule has 0 radical (unpaired) electrons. The smallest absolute Gasteiger partial charge is 0.391 e. The van der Waals surface area contributed by atoms with Crippen molar-refractivity contribution in [3.63, 3.8) is 0 Å². The van der Waals surface area contributed by atoms with Gasteiger partial charge in [0.2, 0.25) is 0 Å². The Hall–Kier alpha value is -3.31. The monoisotopic (exact) mass is 562 g/mol. The van der Waals surface area contributed by atoms with Crippen LogP contribution < -0.4 is 9.46 Å². The Labute approximate surface area is 222 Å². The van der Waals surface area contributed by atoms with Crippen LogP contribution in [-0.2, 0) is 10.0 Å². The average Bonchev–Trinajstić information content (AvgIpc) is 3.40. The van der Waals surface area contributed by atoms with Gasteiger partial charge in [0.25, 0.3) is 10.0 Å². The van der Waals surface area contributed by atoms with Crippen molar-refractivity contribution in [2.45, 2.75) is 42.8 Å². The van der Waals surface area contributed by atoms with Crippen molar-refractivity contribution in [1.82, 2.24) is 4.98 Å². The number of aromatic hydroxyl groups is 1. The van der Waals surface area contributed by atoms with E-state index < -0.39 is 22.1 Å². The maximum absolute atomic E-state index is 13.1. The first-order valence-corrected chi connectivity index (χ1v) is 14.4. The minimum atomic E-state index is -4.13. The molecule has 1 fully saturated rings. The highest BCUT2D eigenvalue weighted by atomic mass is 32.2. The zero-order chi connectivity index (χ0) is 27.1. The quantitative estimate of drug-likeness (QED) is 0.257. The van der Waals surface area contributed by atoms with E-state index in [1.807, 2.05) is 24.3 Å². The van der Waals surface area contributed by atoms with E-state index in [9.17, 15) is 26.7 Å². The lowest BCUT2D eigenvalue weighted by Gasteiger charge is -2.30. The van der Waals surface area contributed by atoms with E-state index in [2.05, 4.69) is 9.71 Å². The molecule has 3 aromatic carbocycles. The van der Waals surface area contributed by atoms with Crippen molar-refractivity contribution in [3.05, 3.63) is 65.5 Å². The Morgan fingerprint density at radius 1 is 1.00 bits per heavy atom. The minimum absolute atomic E-state index is 0.0550. The van der Waals surface area contributed by atoms with Gasteiger partial charge in [-0.25, -0.2) is 4.98 Å². The number of ether oxygens (including phenoxy) is 1. The van der Waals surface area contributed by atoms with Gasteiger partial charge in [-0.05, 0) is 55.4 Å². The number of benzene rings is 3. The lowest BCUT2D eigenvalue weighted by atomic mass is 9.78. The highest BCUT2D eigenvalue weighted by Crippen LogP contribution is 2.43. The number of methoxy groups -OCH3 is 1. The number of alkyl halides is 3. The van der Waals surface area contributed by atoms with Crippen LogP contribution in [0.3, 0.4) is 0 Å². The highest BCUT2D eigenvalue weighted by Gasteiger charge is 2.41. The summed E-state index contributed by atoms with van der Waals surface area (Å²) in [6.07, 6.45) is -2.87. The molecule has 38 heavy (non-hydrogen) atoms. The Bertz CT molecular complexity index is 1560. The van der Waals surface area contributed by atoms with Crippen LogP contribution in [0.15, 0.2) is 65.0 Å². The Kier molecular flexibility index (Phi) is 6.99. The van der Waals surface area contributed by atoms with Gasteiger partial charge in [0.05, 0.1) is 18.7 Å². The maximum atomic E-state index is 13.1. The Morgan fingerprint density at radius 2 is 1.71 bits per heavy atom. The predicted molar refractivity (Wildman–Crippen MR) is 141 cm³/mol. The van der Waals surface area contributed by atoms with E-state index in [4.69, 9.17) is 4.74 Å². The summed E-state index contributed by atoms with van der Waals surface area (Å²) < 4.78 is 73.1. The molecule has 11 heteroatoms. The second-order valence-corrected chi connectivity index (χ2v) is 11.8. The molecule has 2 N–H and O–H groups in total. The summed E-state index contributed by atoms with van der Waals surface area (Å²) in [7, 11) is -2.62. The van der Waals surface area contributed by atoms with E-state index in [0.29, 0.717) is 28.6 Å². The number of thiazole rings is 1. The number of nitrogens with one attached hydrogen (secondary N) is 1. The van der Waals surface area contributed by atoms with E-state index >= 15 is 0 Å². The van der Waals surface area contributed by atoms with Crippen LogP contribution in [0.1, 0.15) is 37.2 Å². The molecule has 5 rings (SSSR count). The number of rotatable bonds is 6. The first-order valence-electron chi connectivity index (χ1n) is 12.0. The number of phenolic OH excluding ortho intramolecular Hbond substituents is 1. The molecule has 1 saturated carbocycles. The molecule has 0 bridgehead atoms. The van der Waals surface area contributed by atoms with Gasteiger partial charge >= 0.3 is 6.18 Å². The highest BCUT2D eigenvalue weighted by molar-refractivity contribution is 7.92. The van der Waals surface area contributed by atoms with Crippen LogP contribution >= 0.6 is 11.3 Å². The summed E-state index contributed by atoms with van der Waals surface area (Å²) >= 11 is 1.18. The number of nitrogens with zero attached hydrogens (tertiary/aromatic N) is 1. The normalized spacial score (nSPS) is 18.4. The van der Waals surface area contributed by atoms with E-state index in [0.717, 1.165) is 11.1 Å². The number of phenols is 1. The molecule has 0 unspecified atom stereocenters. The molecule has 0 atom stereocenters. The fourth-order valence-electron chi connectivity index (χ4n) is 4.98. The predicted octanol–water partition coefficient (Wildman–Crippen LogP) is 7.31. The van der Waals surface area contributed by atoms with Crippen LogP contribution in [0.5, 0.6) is 11.5 Å². The van der Waals surface area contributed by atoms with E-state index in [1.54, 1.807) is 18.2 Å². The number of anilines is 1. The number of sulfonamides is 1. The number of hydrogen-bond donors (Lipinski definition) is 2. The molecule has 1 heterocycles. The van der Waals surface area contributed by atoms with E-state index in [1.165, 1.54) is 36.0 Å². The topological polar surface area (TPSA) is 88.5 Å². The molecule has 0 amide bonds. The summed E-state index contributed by atoms with van der Waals surface area (Å²) in [5.41, 5.74) is 1.92. The molecular formula is C27H25F3N2O4S2. The molecule has 1 aromatic heterocycles. The van der Waals surface area contributed by atoms with Crippen LogP contribution in [0.4, 0.5) is 18.9 Å². The molecule has 0 aliphatic heterocycles. The summed E-state index contributed by atoms with van der Waals surface area (Å²) in [5.74, 6) is -0.807. The SMILES string of the molecule is COc1c(NS(=O)(=O)c2csc(-c3ccc(C4CCC(C(F)(F)F)CC4)cc3)n2)ccc2c(O)cccc12. The van der Waals surface area contributed by atoms with Crippen LogP contribution in [0, 0.1) is 5.92 Å². The van der Waals surface area contributed by atoms with Gasteiger partial charge < -0.3 is 9.84 Å². The van der Waals surface area contributed by atoms with Gasteiger partial charge in [0.15, 0.2) is 10.8 Å². The number of halogens is 3. The van der Waals surface area contributed by atoms with Crippen molar-refractivity contribution in [2.75, 3.05) is 11.8 Å². The maximum Gasteiger partial charge on any atom is 0.391 e. The molecule has 200 valence electrons. The fraction of sp³-hybridized carbons (Fsp3) is 0.296. The van der Waals surface area contributed by atoms with Crippen molar-refractivity contribution in [3.8, 4) is 22.1 Å². The minimum Gasteiger partial charge on any atom is -0.507 e. The average molecular weight is 563 g/mol. The first kappa shape index (κ1) is 26.3. The van der Waals surface area contributed by atoms with Crippen molar-refractivity contribution in [2.24, 2.45) is 5.92 Å². The van der Waals surface area contributed by atoms with Crippen molar-refractivity contribution < 1.29 is 31.4 Å². The lowest BCUT2D eigenvalue weighted by Crippen LogP contribution is -2.27. The van der Waals surface area contributed by atoms with Gasteiger partial charge in [-0.1, -0.05) is 36.4 Å². The second kappa shape index (κ2) is 10.1. The summed E-state index contributed by atoms with van der Waals surface area (Å²) in [5, 5.41) is 13.0. The molecular weight excluding hydrogens is 537 g/mol. The third-order valence-corrected chi connectivity index (χ3v) is 9.30. The molecule has 6 nitrogen and oxygen atoms in total. The third kappa shape index (κ3) is 5.17. The van der Waals surface area contributed by atoms with Crippen LogP contribution in [-0.4, -0.2) is 31.8 Å². The number of fused-ring (bicyclic) bond motifs is 1. The summed E-state index contributed by atoms with van der Waals surface area (Å²) in [6, 6.07) is 15.4. The van der Waals surface area contributed by atoms with Gasteiger partial charge in [-0.2, -0.15) is 21.6 Å². The zero-order valence-electron chi connectivity index (χ0n) is 20.3. The van der Waals surface area contributed by atoms with Gasteiger partial charge in [0, 0.05) is 21.7 Å². The summed E-state index contributed by atoms with van der Waals surface area (Å²) in [4.78, 5) is 4.32. The fourth-order valence-corrected chi connectivity index (χ4v) is 7.14. The van der Waals surface area contributed by atoms with Crippen LogP contribution in [0.2, 0.25) is 0 Å². The van der Waals surface area contributed by atoms with Crippen LogP contribution in [0.25, 0.3) is 21.3 Å². The van der Waals surface area contributed by atoms with E-state index in [-0.39, 0.29) is 41.0 Å². The Balaban J connectivity index is 1.32. The zero-order valence-corrected chi connectivity index (χ0v) is 22.0. The molecule has 1 aliphatic rings. The molecule has 0 saturated heterocycles. The van der Waals surface area contributed by atoms with Gasteiger partial charge in [0.1, 0.15) is 10.8 Å². The number of aromatic nitrogens is 1. The van der Waals surface area contributed by atoms with Crippen molar-refractivity contribution in [1.29, 1.82) is 0 Å².